The lowest BCUT2D eigenvalue weighted by molar-refractivity contribution is 0.209. The van der Waals surface area contributed by atoms with Crippen molar-refractivity contribution in [3.8, 4) is 0 Å². The van der Waals surface area contributed by atoms with Gasteiger partial charge >= 0.3 is 0 Å². The van der Waals surface area contributed by atoms with E-state index < -0.39 is 0 Å². The molecule has 1 unspecified atom stereocenters. The maximum atomic E-state index is 9.31. The van der Waals surface area contributed by atoms with Crippen molar-refractivity contribution in [3.63, 3.8) is 0 Å². The van der Waals surface area contributed by atoms with Gasteiger partial charge in [-0.25, -0.2) is 0 Å². The Morgan fingerprint density at radius 3 is 3.00 bits per heavy atom. The van der Waals surface area contributed by atoms with Crippen LogP contribution in [0.4, 0.5) is 5.69 Å². The number of aliphatic hydroxyl groups is 1. The molecule has 1 aromatic carbocycles. The molecular formula is C16H25ClN2O. The first-order valence-electron chi connectivity index (χ1n) is 7.59. The van der Waals surface area contributed by atoms with E-state index in [1.807, 2.05) is 0 Å². The SMILES string of the molecule is CCCNCc1ccc(N2CCCC(CO)C2)cc1Cl. The third-order valence-electron chi connectivity index (χ3n) is 3.92. The van der Waals surface area contributed by atoms with E-state index in [1.165, 1.54) is 5.69 Å². The minimum atomic E-state index is 0.281. The molecule has 2 rings (SSSR count). The van der Waals surface area contributed by atoms with Crippen molar-refractivity contribution in [2.45, 2.75) is 32.7 Å². The fourth-order valence-electron chi connectivity index (χ4n) is 2.72. The van der Waals surface area contributed by atoms with E-state index in [0.29, 0.717) is 5.92 Å². The maximum absolute atomic E-state index is 9.31. The Bertz CT molecular complexity index is 425. The molecule has 1 aromatic rings. The highest BCUT2D eigenvalue weighted by atomic mass is 35.5. The summed E-state index contributed by atoms with van der Waals surface area (Å²) in [7, 11) is 0. The molecule has 0 bridgehead atoms. The molecule has 1 fully saturated rings. The molecule has 1 atom stereocenters. The normalized spacial score (nSPS) is 19.4. The predicted octanol–water partition coefficient (Wildman–Crippen LogP) is 3.05. The van der Waals surface area contributed by atoms with Crippen molar-refractivity contribution in [1.29, 1.82) is 0 Å². The summed E-state index contributed by atoms with van der Waals surface area (Å²) in [6.45, 7) is 6.27. The first-order chi connectivity index (χ1) is 9.74. The van der Waals surface area contributed by atoms with Gasteiger partial charge < -0.3 is 15.3 Å². The molecule has 2 N–H and O–H groups in total. The third-order valence-corrected chi connectivity index (χ3v) is 4.27. The summed E-state index contributed by atoms with van der Waals surface area (Å²) in [6, 6.07) is 6.32. The minimum absolute atomic E-state index is 0.281. The minimum Gasteiger partial charge on any atom is -0.396 e. The van der Waals surface area contributed by atoms with Gasteiger partial charge in [0.15, 0.2) is 0 Å². The smallest absolute Gasteiger partial charge is 0.0476 e. The van der Waals surface area contributed by atoms with Gasteiger partial charge in [0.05, 0.1) is 0 Å². The van der Waals surface area contributed by atoms with E-state index in [-0.39, 0.29) is 6.61 Å². The first kappa shape index (κ1) is 15.6. The van der Waals surface area contributed by atoms with Gasteiger partial charge in [-0.05, 0) is 49.4 Å². The number of halogens is 1. The van der Waals surface area contributed by atoms with Crippen LogP contribution in [0.3, 0.4) is 0 Å². The van der Waals surface area contributed by atoms with Crippen molar-refractivity contribution < 1.29 is 5.11 Å². The highest BCUT2D eigenvalue weighted by Crippen LogP contribution is 2.27. The van der Waals surface area contributed by atoms with Crippen molar-refractivity contribution in [2.75, 3.05) is 31.1 Å². The topological polar surface area (TPSA) is 35.5 Å². The summed E-state index contributed by atoms with van der Waals surface area (Å²) < 4.78 is 0. The van der Waals surface area contributed by atoms with Gasteiger partial charge in [-0.3, -0.25) is 0 Å². The molecule has 0 radical (unpaired) electrons. The monoisotopic (exact) mass is 296 g/mol. The zero-order valence-corrected chi connectivity index (χ0v) is 13.0. The van der Waals surface area contributed by atoms with Crippen molar-refractivity contribution in [3.05, 3.63) is 28.8 Å². The average Bonchev–Trinajstić information content (AvgIpc) is 2.49. The van der Waals surface area contributed by atoms with Crippen LogP contribution in [-0.4, -0.2) is 31.3 Å². The predicted molar refractivity (Wildman–Crippen MR) is 85.5 cm³/mol. The third kappa shape index (κ3) is 4.11. The molecule has 0 aromatic heterocycles. The van der Waals surface area contributed by atoms with E-state index >= 15 is 0 Å². The lowest BCUT2D eigenvalue weighted by atomic mass is 9.98. The van der Waals surface area contributed by atoms with Crippen LogP contribution >= 0.6 is 11.6 Å². The number of anilines is 1. The van der Waals surface area contributed by atoms with Gasteiger partial charge in [0.25, 0.3) is 0 Å². The van der Waals surface area contributed by atoms with Crippen LogP contribution in [0.5, 0.6) is 0 Å². The zero-order chi connectivity index (χ0) is 14.4. The molecule has 0 saturated carbocycles. The number of nitrogens with one attached hydrogen (secondary N) is 1. The second-order valence-corrected chi connectivity index (χ2v) is 6.00. The molecule has 1 saturated heterocycles. The Labute approximate surface area is 126 Å². The summed E-state index contributed by atoms with van der Waals surface area (Å²) in [5, 5.41) is 13.5. The average molecular weight is 297 g/mol. The van der Waals surface area contributed by atoms with Gasteiger partial charge in [0.1, 0.15) is 0 Å². The molecule has 1 aliphatic heterocycles. The quantitative estimate of drug-likeness (QED) is 0.792. The fourth-order valence-corrected chi connectivity index (χ4v) is 2.97. The standard InChI is InChI=1S/C16H25ClN2O/c1-2-7-18-10-14-5-6-15(9-16(14)17)19-8-3-4-13(11-19)12-20/h5-6,9,13,18,20H,2-4,7-8,10-12H2,1H3. The molecular weight excluding hydrogens is 272 g/mol. The molecule has 4 heteroatoms. The number of hydrogen-bond donors (Lipinski definition) is 2. The van der Waals surface area contributed by atoms with Crippen LogP contribution in [-0.2, 0) is 6.54 Å². The maximum Gasteiger partial charge on any atom is 0.0476 e. The lowest BCUT2D eigenvalue weighted by Gasteiger charge is -2.33. The van der Waals surface area contributed by atoms with Crippen molar-refractivity contribution in [1.82, 2.24) is 5.32 Å². The van der Waals surface area contributed by atoms with E-state index in [2.05, 4.69) is 35.3 Å². The molecule has 3 nitrogen and oxygen atoms in total. The summed E-state index contributed by atoms with van der Waals surface area (Å²) in [4.78, 5) is 2.33. The molecule has 0 aliphatic carbocycles. The summed E-state index contributed by atoms with van der Waals surface area (Å²) in [5.41, 5.74) is 2.33. The summed E-state index contributed by atoms with van der Waals surface area (Å²) in [5.74, 6) is 0.397. The highest BCUT2D eigenvalue weighted by molar-refractivity contribution is 6.31. The Kier molecular flexibility index (Phi) is 6.14. The van der Waals surface area contributed by atoms with Gasteiger partial charge in [0.2, 0.25) is 0 Å². The Morgan fingerprint density at radius 1 is 1.45 bits per heavy atom. The largest absolute Gasteiger partial charge is 0.396 e. The van der Waals surface area contributed by atoms with Crippen molar-refractivity contribution >= 4 is 17.3 Å². The van der Waals surface area contributed by atoms with Crippen LogP contribution in [0.15, 0.2) is 18.2 Å². The van der Waals surface area contributed by atoms with E-state index in [9.17, 15) is 5.11 Å². The number of aliphatic hydroxyl groups excluding tert-OH is 1. The first-order valence-corrected chi connectivity index (χ1v) is 7.97. The highest BCUT2D eigenvalue weighted by Gasteiger charge is 2.19. The molecule has 20 heavy (non-hydrogen) atoms. The number of benzene rings is 1. The van der Waals surface area contributed by atoms with Gasteiger partial charge in [-0.2, -0.15) is 0 Å². The van der Waals surface area contributed by atoms with Crippen LogP contribution in [0.2, 0.25) is 5.02 Å². The Hall–Kier alpha value is -0.770. The van der Waals surface area contributed by atoms with Crippen LogP contribution < -0.4 is 10.2 Å². The number of nitrogens with zero attached hydrogens (tertiary/aromatic N) is 1. The second-order valence-electron chi connectivity index (χ2n) is 5.59. The fraction of sp³-hybridized carbons (Fsp3) is 0.625. The lowest BCUT2D eigenvalue weighted by Crippen LogP contribution is -2.36. The van der Waals surface area contributed by atoms with Crippen LogP contribution in [0, 0.1) is 5.92 Å². The zero-order valence-electron chi connectivity index (χ0n) is 12.2. The number of piperidine rings is 1. The molecule has 1 heterocycles. The Balaban J connectivity index is 2.00. The Morgan fingerprint density at radius 2 is 2.30 bits per heavy atom. The number of hydrogen-bond acceptors (Lipinski definition) is 3. The van der Waals surface area contributed by atoms with Crippen LogP contribution in [0.25, 0.3) is 0 Å². The molecule has 1 aliphatic rings. The van der Waals surface area contributed by atoms with Crippen molar-refractivity contribution in [2.24, 2.45) is 5.92 Å². The molecule has 0 amide bonds. The molecule has 112 valence electrons. The van der Waals surface area contributed by atoms with E-state index in [4.69, 9.17) is 11.6 Å². The summed E-state index contributed by atoms with van der Waals surface area (Å²) >= 11 is 6.38. The van der Waals surface area contributed by atoms with Gasteiger partial charge in [-0.15, -0.1) is 0 Å². The van der Waals surface area contributed by atoms with E-state index in [0.717, 1.165) is 56.0 Å². The van der Waals surface area contributed by atoms with Gasteiger partial charge in [-0.1, -0.05) is 24.6 Å². The van der Waals surface area contributed by atoms with Gasteiger partial charge in [0, 0.05) is 37.0 Å². The van der Waals surface area contributed by atoms with Crippen LogP contribution in [0.1, 0.15) is 31.7 Å². The van der Waals surface area contributed by atoms with E-state index in [1.54, 1.807) is 0 Å². The number of rotatable bonds is 6. The second kappa shape index (κ2) is 7.87. The molecule has 0 spiro atoms. The summed E-state index contributed by atoms with van der Waals surface area (Å²) in [6.07, 6.45) is 3.40.